The number of hydrogen-bond donors (Lipinski definition) is 3. The number of piperazine rings is 1. The highest BCUT2D eigenvalue weighted by Crippen LogP contribution is 1.96. The number of aliphatic hydroxyl groups is 2. The first-order valence-electron chi connectivity index (χ1n) is 7.06. The predicted octanol–water partition coefficient (Wildman–Crippen LogP) is 0.287. The predicted molar refractivity (Wildman–Crippen MR) is 75.3 cm³/mol. The van der Waals surface area contributed by atoms with Crippen molar-refractivity contribution in [2.24, 2.45) is 0 Å². The second-order valence-corrected chi connectivity index (χ2v) is 4.75. The van der Waals surface area contributed by atoms with Crippen molar-refractivity contribution in [1.29, 1.82) is 0 Å². The lowest BCUT2D eigenvalue weighted by Crippen LogP contribution is -2.44. The Morgan fingerprint density at radius 1 is 0.944 bits per heavy atom. The molecule has 0 aromatic rings. The summed E-state index contributed by atoms with van der Waals surface area (Å²) < 4.78 is 0. The maximum absolute atomic E-state index is 8.89. The Balaban J connectivity index is 0.000000321. The molecule has 1 fully saturated rings. The molecule has 1 aliphatic heterocycles. The maximum atomic E-state index is 8.89. The van der Waals surface area contributed by atoms with Crippen molar-refractivity contribution in [2.75, 3.05) is 39.8 Å². The fourth-order valence-corrected chi connectivity index (χ4v) is 1.62. The minimum absolute atomic E-state index is 0.569. The van der Waals surface area contributed by atoms with Crippen LogP contribution >= 0.6 is 0 Å². The Morgan fingerprint density at radius 2 is 1.39 bits per heavy atom. The summed E-state index contributed by atoms with van der Waals surface area (Å²) in [6, 6.07) is 0. The van der Waals surface area contributed by atoms with Gasteiger partial charge in [0.15, 0.2) is 0 Å². The van der Waals surface area contributed by atoms with Gasteiger partial charge in [0.2, 0.25) is 0 Å². The SMILES string of the molecule is CCC(O)NC(O)CC.CCN1CCN(C)CC1. The summed E-state index contributed by atoms with van der Waals surface area (Å²) in [5.41, 5.74) is 0. The van der Waals surface area contributed by atoms with Crippen LogP contribution in [-0.2, 0) is 0 Å². The Bertz CT molecular complexity index is 177. The molecule has 0 aliphatic carbocycles. The molecule has 1 aliphatic rings. The summed E-state index contributed by atoms with van der Waals surface area (Å²) in [7, 11) is 2.19. The summed E-state index contributed by atoms with van der Waals surface area (Å²) >= 11 is 0. The third kappa shape index (κ3) is 8.83. The van der Waals surface area contributed by atoms with Crippen molar-refractivity contribution < 1.29 is 10.2 Å². The van der Waals surface area contributed by atoms with Crippen molar-refractivity contribution in [3.63, 3.8) is 0 Å². The monoisotopic (exact) mass is 261 g/mol. The van der Waals surface area contributed by atoms with Crippen molar-refractivity contribution in [2.45, 2.75) is 46.1 Å². The molecule has 0 radical (unpaired) electrons. The molecule has 1 rings (SSSR count). The smallest absolute Gasteiger partial charge is 0.106 e. The highest BCUT2D eigenvalue weighted by atomic mass is 16.3. The second-order valence-electron chi connectivity index (χ2n) is 4.75. The normalized spacial score (nSPS) is 21.0. The lowest BCUT2D eigenvalue weighted by atomic mass is 10.3. The first-order valence-corrected chi connectivity index (χ1v) is 7.06. The van der Waals surface area contributed by atoms with Crippen LogP contribution in [0.25, 0.3) is 0 Å². The van der Waals surface area contributed by atoms with Gasteiger partial charge in [-0.05, 0) is 26.4 Å². The quantitative estimate of drug-likeness (QED) is 0.621. The third-order valence-electron chi connectivity index (χ3n) is 3.20. The molecule has 0 aromatic heterocycles. The van der Waals surface area contributed by atoms with Crippen LogP contribution < -0.4 is 5.32 Å². The summed E-state index contributed by atoms with van der Waals surface area (Å²) in [6.07, 6.45) is 0.105. The van der Waals surface area contributed by atoms with E-state index in [0.29, 0.717) is 12.8 Å². The fraction of sp³-hybridized carbons (Fsp3) is 1.00. The molecular weight excluding hydrogens is 230 g/mol. The zero-order valence-corrected chi connectivity index (χ0v) is 12.4. The van der Waals surface area contributed by atoms with Gasteiger partial charge in [0.05, 0.1) is 0 Å². The topological polar surface area (TPSA) is 59.0 Å². The molecule has 2 atom stereocenters. The van der Waals surface area contributed by atoms with E-state index in [1.54, 1.807) is 0 Å². The average molecular weight is 261 g/mol. The number of nitrogens with one attached hydrogen (secondary N) is 1. The average Bonchev–Trinajstić information content (AvgIpc) is 2.40. The molecule has 2 unspecified atom stereocenters. The molecule has 1 saturated heterocycles. The van der Waals surface area contributed by atoms with Crippen LogP contribution in [0, 0.1) is 0 Å². The number of nitrogens with zero attached hydrogens (tertiary/aromatic N) is 2. The summed E-state index contributed by atoms with van der Waals surface area (Å²) in [5, 5.41) is 20.4. The van der Waals surface area contributed by atoms with Crippen LogP contribution in [0.5, 0.6) is 0 Å². The number of aliphatic hydroxyl groups excluding tert-OH is 2. The molecule has 5 heteroatoms. The molecule has 3 N–H and O–H groups in total. The van der Waals surface area contributed by atoms with E-state index >= 15 is 0 Å². The zero-order valence-electron chi connectivity index (χ0n) is 12.4. The zero-order chi connectivity index (χ0) is 14.0. The number of hydrogen-bond acceptors (Lipinski definition) is 5. The van der Waals surface area contributed by atoms with E-state index < -0.39 is 12.5 Å². The van der Waals surface area contributed by atoms with Gasteiger partial charge in [0.25, 0.3) is 0 Å². The summed E-state index contributed by atoms with van der Waals surface area (Å²) in [5.74, 6) is 0. The lowest BCUT2D eigenvalue weighted by molar-refractivity contribution is 0.0387. The summed E-state index contributed by atoms with van der Waals surface area (Å²) in [4.78, 5) is 4.87. The Morgan fingerprint density at radius 3 is 1.72 bits per heavy atom. The molecule has 0 saturated carbocycles. The molecule has 0 aromatic carbocycles. The largest absolute Gasteiger partial charge is 0.379 e. The Kier molecular flexibility index (Phi) is 10.6. The lowest BCUT2D eigenvalue weighted by Gasteiger charge is -2.31. The molecule has 0 bridgehead atoms. The van der Waals surface area contributed by atoms with E-state index in [1.165, 1.54) is 32.7 Å². The van der Waals surface area contributed by atoms with Gasteiger partial charge in [-0.3, -0.25) is 5.32 Å². The highest BCUT2D eigenvalue weighted by Gasteiger charge is 2.10. The van der Waals surface area contributed by atoms with Gasteiger partial charge in [-0.25, -0.2) is 0 Å². The molecule has 0 amide bonds. The van der Waals surface area contributed by atoms with E-state index in [4.69, 9.17) is 10.2 Å². The van der Waals surface area contributed by atoms with Crippen LogP contribution in [0.2, 0.25) is 0 Å². The first-order chi connectivity index (χ1) is 8.53. The van der Waals surface area contributed by atoms with E-state index in [2.05, 4.69) is 29.1 Å². The highest BCUT2D eigenvalue weighted by molar-refractivity contribution is 4.66. The van der Waals surface area contributed by atoms with Gasteiger partial charge < -0.3 is 20.0 Å². The van der Waals surface area contributed by atoms with Gasteiger partial charge in [-0.1, -0.05) is 20.8 Å². The van der Waals surface area contributed by atoms with Crippen molar-refractivity contribution in [1.82, 2.24) is 15.1 Å². The van der Waals surface area contributed by atoms with Crippen LogP contribution in [0.3, 0.4) is 0 Å². The maximum Gasteiger partial charge on any atom is 0.106 e. The standard InChI is InChI=1S/C7H16N2.C6H15NO2/c1-3-9-6-4-8(2)5-7-9;1-3-5(8)7-6(9)4-2/h3-7H2,1-2H3;5-9H,3-4H2,1-2H3. The second kappa shape index (κ2) is 10.7. The van der Waals surface area contributed by atoms with Crippen molar-refractivity contribution in [3.05, 3.63) is 0 Å². The Labute approximate surface area is 112 Å². The van der Waals surface area contributed by atoms with Crippen LogP contribution in [0.1, 0.15) is 33.6 Å². The van der Waals surface area contributed by atoms with Gasteiger partial charge in [-0.15, -0.1) is 0 Å². The molecule has 0 spiro atoms. The summed E-state index contributed by atoms with van der Waals surface area (Å²) in [6.45, 7) is 12.1. The third-order valence-corrected chi connectivity index (χ3v) is 3.20. The van der Waals surface area contributed by atoms with Crippen molar-refractivity contribution in [3.8, 4) is 0 Å². The van der Waals surface area contributed by atoms with Gasteiger partial charge in [0, 0.05) is 26.2 Å². The minimum atomic E-state index is -0.569. The van der Waals surface area contributed by atoms with Crippen molar-refractivity contribution >= 4 is 0 Å². The first kappa shape index (κ1) is 17.8. The van der Waals surface area contributed by atoms with Gasteiger partial charge >= 0.3 is 0 Å². The Hall–Kier alpha value is -0.200. The van der Waals surface area contributed by atoms with E-state index in [-0.39, 0.29) is 0 Å². The van der Waals surface area contributed by atoms with E-state index in [0.717, 1.165) is 0 Å². The van der Waals surface area contributed by atoms with Crippen LogP contribution in [0.4, 0.5) is 0 Å². The number of rotatable bonds is 5. The fourth-order valence-electron chi connectivity index (χ4n) is 1.62. The molecule has 110 valence electrons. The van der Waals surface area contributed by atoms with E-state index in [9.17, 15) is 0 Å². The van der Waals surface area contributed by atoms with Gasteiger partial charge in [-0.2, -0.15) is 0 Å². The van der Waals surface area contributed by atoms with E-state index in [1.807, 2.05) is 13.8 Å². The number of likely N-dealkylation sites (N-methyl/N-ethyl adjacent to an activating group) is 2. The van der Waals surface area contributed by atoms with Gasteiger partial charge in [0.1, 0.15) is 12.5 Å². The van der Waals surface area contributed by atoms with Crippen LogP contribution in [0.15, 0.2) is 0 Å². The molecular formula is C13H31N3O2. The van der Waals surface area contributed by atoms with Crippen LogP contribution in [-0.4, -0.2) is 72.2 Å². The molecule has 18 heavy (non-hydrogen) atoms. The minimum Gasteiger partial charge on any atom is -0.379 e. The molecule has 5 nitrogen and oxygen atoms in total. The molecule has 1 heterocycles.